The van der Waals surface area contributed by atoms with Crippen LogP contribution in [0.25, 0.3) is 0 Å². The quantitative estimate of drug-likeness (QED) is 0.734. The molecule has 4 nitrogen and oxygen atoms in total. The van der Waals surface area contributed by atoms with Gasteiger partial charge in [0.25, 0.3) is 0 Å². The number of nitrogens with zero attached hydrogens (tertiary/aromatic N) is 3. The van der Waals surface area contributed by atoms with E-state index in [-0.39, 0.29) is 5.78 Å². The molecule has 0 aliphatic heterocycles. The molecule has 0 radical (unpaired) electrons. The van der Waals surface area contributed by atoms with Crippen LogP contribution in [0.1, 0.15) is 28.7 Å². The van der Waals surface area contributed by atoms with Gasteiger partial charge in [0.05, 0.1) is 0 Å². The molecule has 2 aromatic rings. The molecule has 0 aromatic carbocycles. The average molecular weight is 215 g/mol. The van der Waals surface area contributed by atoms with Crippen LogP contribution in [-0.2, 0) is 6.54 Å². The van der Waals surface area contributed by atoms with Gasteiger partial charge in [0.1, 0.15) is 11.4 Å². The summed E-state index contributed by atoms with van der Waals surface area (Å²) in [6, 6.07) is 5.43. The number of rotatable bonds is 3. The topological polar surface area (TPSA) is 47.8 Å². The number of hydrogen-bond donors (Lipinski definition) is 0. The monoisotopic (exact) mass is 215 g/mol. The van der Waals surface area contributed by atoms with E-state index in [0.717, 1.165) is 5.56 Å². The van der Waals surface area contributed by atoms with E-state index in [1.54, 1.807) is 23.1 Å². The lowest BCUT2D eigenvalue weighted by Gasteiger charge is -2.05. The van der Waals surface area contributed by atoms with E-state index in [0.29, 0.717) is 17.9 Å². The average Bonchev–Trinajstić information content (AvgIpc) is 2.77. The van der Waals surface area contributed by atoms with Gasteiger partial charge in [-0.3, -0.25) is 14.5 Å². The maximum absolute atomic E-state index is 12.2. The number of aromatic nitrogens is 3. The summed E-state index contributed by atoms with van der Waals surface area (Å²) in [6.45, 7) is 4.52. The summed E-state index contributed by atoms with van der Waals surface area (Å²) in [5.41, 5.74) is 1.97. The summed E-state index contributed by atoms with van der Waals surface area (Å²) in [6.07, 6.45) is 3.27. The van der Waals surface area contributed by atoms with Crippen molar-refractivity contribution < 1.29 is 4.79 Å². The number of pyridine rings is 1. The van der Waals surface area contributed by atoms with E-state index in [4.69, 9.17) is 0 Å². The van der Waals surface area contributed by atoms with Crippen LogP contribution in [-0.4, -0.2) is 20.5 Å². The first-order chi connectivity index (χ1) is 7.74. The Morgan fingerprint density at radius 2 is 2.19 bits per heavy atom. The molecule has 0 aliphatic carbocycles. The molecular weight excluding hydrogens is 202 g/mol. The van der Waals surface area contributed by atoms with Gasteiger partial charge in [0.15, 0.2) is 0 Å². The third kappa shape index (κ3) is 1.74. The molecule has 0 aliphatic rings. The summed E-state index contributed by atoms with van der Waals surface area (Å²) in [4.78, 5) is 16.3. The van der Waals surface area contributed by atoms with Crippen LogP contribution in [0.3, 0.4) is 0 Å². The fourth-order valence-electron chi connectivity index (χ4n) is 1.62. The highest BCUT2D eigenvalue weighted by atomic mass is 16.1. The van der Waals surface area contributed by atoms with Crippen molar-refractivity contribution in [3.05, 3.63) is 47.5 Å². The highest BCUT2D eigenvalue weighted by Gasteiger charge is 2.16. The van der Waals surface area contributed by atoms with Crippen LogP contribution in [0, 0.1) is 6.92 Å². The van der Waals surface area contributed by atoms with Gasteiger partial charge >= 0.3 is 0 Å². The maximum atomic E-state index is 12.2. The van der Waals surface area contributed by atoms with Crippen molar-refractivity contribution in [2.75, 3.05) is 0 Å². The lowest BCUT2D eigenvalue weighted by Crippen LogP contribution is -2.12. The van der Waals surface area contributed by atoms with Crippen molar-refractivity contribution in [3.63, 3.8) is 0 Å². The predicted octanol–water partition coefficient (Wildman–Crippen LogP) is 1.84. The van der Waals surface area contributed by atoms with Gasteiger partial charge in [0.2, 0.25) is 5.78 Å². The second-order valence-corrected chi connectivity index (χ2v) is 3.53. The molecule has 0 atom stereocenters. The zero-order valence-electron chi connectivity index (χ0n) is 9.34. The minimum Gasteiger partial charge on any atom is -0.285 e. The second-order valence-electron chi connectivity index (χ2n) is 3.53. The molecule has 2 heterocycles. The highest BCUT2D eigenvalue weighted by Crippen LogP contribution is 2.10. The molecule has 0 N–H and O–H groups in total. The molecule has 0 saturated heterocycles. The lowest BCUT2D eigenvalue weighted by molar-refractivity contribution is 0.102. The van der Waals surface area contributed by atoms with E-state index in [9.17, 15) is 4.79 Å². The minimum atomic E-state index is -0.0718. The Hall–Kier alpha value is -1.97. The van der Waals surface area contributed by atoms with Crippen LogP contribution >= 0.6 is 0 Å². The van der Waals surface area contributed by atoms with Crippen molar-refractivity contribution in [1.82, 2.24) is 14.8 Å². The fourth-order valence-corrected chi connectivity index (χ4v) is 1.62. The molecule has 0 bridgehead atoms. The SMILES string of the molecule is CCn1nccc1C(=O)c1ncccc1C. The number of aryl methyl sites for hydroxylation is 2. The first-order valence-electron chi connectivity index (χ1n) is 5.22. The molecular formula is C12H13N3O. The molecule has 0 saturated carbocycles. The zero-order valence-corrected chi connectivity index (χ0v) is 9.34. The van der Waals surface area contributed by atoms with Gasteiger partial charge in [0, 0.05) is 18.9 Å². The molecule has 0 amide bonds. The first kappa shape index (κ1) is 10.5. The standard InChI is InChI=1S/C12H13N3O/c1-3-15-10(6-8-14-15)12(16)11-9(2)5-4-7-13-11/h4-8H,3H2,1-2H3. The van der Waals surface area contributed by atoms with Crippen LogP contribution < -0.4 is 0 Å². The fraction of sp³-hybridized carbons (Fsp3) is 0.250. The summed E-state index contributed by atoms with van der Waals surface area (Å²) in [5, 5.41) is 4.08. The molecule has 2 aromatic heterocycles. The third-order valence-electron chi connectivity index (χ3n) is 2.47. The Labute approximate surface area is 93.9 Å². The number of carbonyl (C=O) groups is 1. The van der Waals surface area contributed by atoms with Gasteiger partial charge in [-0.1, -0.05) is 6.07 Å². The molecule has 0 spiro atoms. The Morgan fingerprint density at radius 1 is 1.38 bits per heavy atom. The minimum absolute atomic E-state index is 0.0718. The smallest absolute Gasteiger partial charge is 0.229 e. The van der Waals surface area contributed by atoms with Crippen molar-refractivity contribution in [1.29, 1.82) is 0 Å². The molecule has 2 rings (SSSR count). The predicted molar refractivity (Wildman–Crippen MR) is 60.3 cm³/mol. The summed E-state index contributed by atoms with van der Waals surface area (Å²) in [7, 11) is 0. The van der Waals surface area contributed by atoms with Gasteiger partial charge < -0.3 is 0 Å². The van der Waals surface area contributed by atoms with Gasteiger partial charge in [-0.25, -0.2) is 0 Å². The van der Waals surface area contributed by atoms with E-state index in [1.807, 2.05) is 26.0 Å². The second kappa shape index (κ2) is 4.26. The van der Waals surface area contributed by atoms with E-state index < -0.39 is 0 Å². The largest absolute Gasteiger partial charge is 0.285 e. The Bertz CT molecular complexity index is 516. The first-order valence-corrected chi connectivity index (χ1v) is 5.22. The molecule has 0 unspecified atom stereocenters. The Kier molecular flexibility index (Phi) is 2.81. The van der Waals surface area contributed by atoms with E-state index in [1.165, 1.54) is 0 Å². The van der Waals surface area contributed by atoms with Crippen LogP contribution in [0.15, 0.2) is 30.6 Å². The zero-order chi connectivity index (χ0) is 11.5. The normalized spacial score (nSPS) is 10.4. The van der Waals surface area contributed by atoms with E-state index >= 15 is 0 Å². The van der Waals surface area contributed by atoms with Crippen molar-refractivity contribution in [3.8, 4) is 0 Å². The Balaban J connectivity index is 2.44. The summed E-state index contributed by atoms with van der Waals surface area (Å²) in [5.74, 6) is -0.0718. The van der Waals surface area contributed by atoms with Crippen LogP contribution in [0.4, 0.5) is 0 Å². The molecule has 0 fully saturated rings. The van der Waals surface area contributed by atoms with Gasteiger partial charge in [-0.15, -0.1) is 0 Å². The summed E-state index contributed by atoms with van der Waals surface area (Å²) >= 11 is 0. The number of hydrogen-bond acceptors (Lipinski definition) is 3. The molecule has 82 valence electrons. The lowest BCUT2D eigenvalue weighted by atomic mass is 10.1. The Morgan fingerprint density at radius 3 is 2.88 bits per heavy atom. The van der Waals surface area contributed by atoms with Gasteiger partial charge in [-0.2, -0.15) is 5.10 Å². The van der Waals surface area contributed by atoms with E-state index in [2.05, 4.69) is 10.1 Å². The van der Waals surface area contributed by atoms with Crippen molar-refractivity contribution in [2.45, 2.75) is 20.4 Å². The highest BCUT2D eigenvalue weighted by molar-refractivity contribution is 6.07. The molecule has 16 heavy (non-hydrogen) atoms. The maximum Gasteiger partial charge on any atom is 0.229 e. The number of ketones is 1. The number of carbonyl (C=O) groups excluding carboxylic acids is 1. The molecule has 4 heteroatoms. The van der Waals surface area contributed by atoms with Crippen LogP contribution in [0.2, 0.25) is 0 Å². The van der Waals surface area contributed by atoms with Gasteiger partial charge in [-0.05, 0) is 31.5 Å². The van der Waals surface area contributed by atoms with Crippen LogP contribution in [0.5, 0.6) is 0 Å². The van der Waals surface area contributed by atoms with Crippen molar-refractivity contribution in [2.24, 2.45) is 0 Å². The van der Waals surface area contributed by atoms with Crippen molar-refractivity contribution >= 4 is 5.78 Å². The summed E-state index contributed by atoms with van der Waals surface area (Å²) < 4.78 is 1.68. The third-order valence-corrected chi connectivity index (χ3v) is 2.47.